The van der Waals surface area contributed by atoms with Crippen molar-refractivity contribution in [3.05, 3.63) is 54.0 Å². The van der Waals surface area contributed by atoms with E-state index in [0.29, 0.717) is 0 Å². The highest BCUT2D eigenvalue weighted by atomic mass is 16.5. The summed E-state index contributed by atoms with van der Waals surface area (Å²) in [5, 5.41) is 4.86. The van der Waals surface area contributed by atoms with Crippen LogP contribution in [0.15, 0.2) is 47.2 Å². The minimum atomic E-state index is 0.755. The summed E-state index contributed by atoms with van der Waals surface area (Å²) in [6.07, 6.45) is 7.54. The average molecular weight is 210 g/mol. The van der Waals surface area contributed by atoms with Gasteiger partial charge in [0.15, 0.2) is 5.76 Å². The molecule has 0 spiro atoms. The van der Waals surface area contributed by atoms with Crippen molar-refractivity contribution in [2.24, 2.45) is 0 Å². The molecule has 1 aromatic carbocycles. The molecule has 3 heteroatoms. The van der Waals surface area contributed by atoms with Crippen LogP contribution in [0.4, 0.5) is 0 Å². The second kappa shape index (κ2) is 3.70. The Kier molecular flexibility index (Phi) is 2.07. The number of aromatic nitrogens is 2. The van der Waals surface area contributed by atoms with Crippen molar-refractivity contribution in [2.45, 2.75) is 0 Å². The molecule has 0 aliphatic carbocycles. The first-order valence-corrected chi connectivity index (χ1v) is 5.08. The summed E-state index contributed by atoms with van der Waals surface area (Å²) in [6, 6.07) is 10.0. The molecule has 0 amide bonds. The second-order valence-electron chi connectivity index (χ2n) is 3.54. The van der Waals surface area contributed by atoms with Gasteiger partial charge in [0.2, 0.25) is 0 Å². The number of nitrogens with zero attached hydrogens (tertiary/aromatic N) is 1. The van der Waals surface area contributed by atoms with Gasteiger partial charge in [0, 0.05) is 23.2 Å². The highest BCUT2D eigenvalue weighted by Crippen LogP contribution is 2.19. The van der Waals surface area contributed by atoms with Gasteiger partial charge < -0.3 is 9.51 Å². The Morgan fingerprint density at radius 2 is 2.06 bits per heavy atom. The van der Waals surface area contributed by atoms with Gasteiger partial charge in [0.05, 0.1) is 6.20 Å². The molecule has 0 bridgehead atoms. The van der Waals surface area contributed by atoms with Gasteiger partial charge in [-0.15, -0.1) is 0 Å². The van der Waals surface area contributed by atoms with E-state index in [0.717, 1.165) is 16.8 Å². The minimum Gasteiger partial charge on any atom is -0.361 e. The van der Waals surface area contributed by atoms with Gasteiger partial charge in [0.25, 0.3) is 0 Å². The van der Waals surface area contributed by atoms with E-state index >= 15 is 0 Å². The lowest BCUT2D eigenvalue weighted by Gasteiger charge is -1.89. The van der Waals surface area contributed by atoms with E-state index in [1.807, 2.05) is 36.5 Å². The van der Waals surface area contributed by atoms with Crippen molar-refractivity contribution in [3.8, 4) is 0 Å². The van der Waals surface area contributed by atoms with Gasteiger partial charge in [-0.1, -0.05) is 23.4 Å². The lowest BCUT2D eigenvalue weighted by Crippen LogP contribution is -1.67. The Balaban J connectivity index is 2.01. The third kappa shape index (κ3) is 1.52. The van der Waals surface area contributed by atoms with E-state index in [4.69, 9.17) is 4.52 Å². The third-order valence-electron chi connectivity index (χ3n) is 2.51. The Bertz CT molecular complexity index is 620. The van der Waals surface area contributed by atoms with E-state index in [1.165, 1.54) is 5.39 Å². The predicted octanol–water partition coefficient (Wildman–Crippen LogP) is 3.33. The van der Waals surface area contributed by atoms with Crippen molar-refractivity contribution in [1.82, 2.24) is 10.1 Å². The summed E-state index contributed by atoms with van der Waals surface area (Å²) in [5.41, 5.74) is 2.28. The molecular weight excluding hydrogens is 200 g/mol. The van der Waals surface area contributed by atoms with E-state index in [2.05, 4.69) is 22.3 Å². The number of benzene rings is 1. The Morgan fingerprint density at radius 3 is 2.94 bits per heavy atom. The van der Waals surface area contributed by atoms with Crippen LogP contribution in [0.1, 0.15) is 11.3 Å². The molecule has 0 saturated heterocycles. The molecule has 0 fully saturated rings. The van der Waals surface area contributed by atoms with Gasteiger partial charge in [0.1, 0.15) is 0 Å². The van der Waals surface area contributed by atoms with Gasteiger partial charge in [-0.25, -0.2) is 0 Å². The lowest BCUT2D eigenvalue weighted by atomic mass is 10.1. The summed E-state index contributed by atoms with van der Waals surface area (Å²) >= 11 is 0. The molecule has 0 aliphatic heterocycles. The molecule has 0 unspecified atom stereocenters. The quantitative estimate of drug-likeness (QED) is 0.704. The van der Waals surface area contributed by atoms with Crippen LogP contribution < -0.4 is 0 Å². The Morgan fingerprint density at radius 1 is 1.12 bits per heavy atom. The molecule has 0 aliphatic rings. The Labute approximate surface area is 92.4 Å². The van der Waals surface area contributed by atoms with Crippen LogP contribution in [-0.2, 0) is 0 Å². The number of fused-ring (bicyclic) bond motifs is 1. The maximum atomic E-state index is 5.00. The molecule has 0 saturated carbocycles. The van der Waals surface area contributed by atoms with Crippen molar-refractivity contribution in [1.29, 1.82) is 0 Å². The number of nitrogens with one attached hydrogen (secondary N) is 1. The summed E-state index contributed by atoms with van der Waals surface area (Å²) in [6.45, 7) is 0. The third-order valence-corrected chi connectivity index (χ3v) is 2.51. The normalized spacial score (nSPS) is 11.5. The van der Waals surface area contributed by atoms with Crippen LogP contribution >= 0.6 is 0 Å². The standard InChI is InChI=1S/C13H10N2O/c1-2-4-13-12(3-1)10(9-14-13)5-6-11-7-8-15-16-11/h1-9,14H/b6-5+. The molecule has 0 radical (unpaired) electrons. The maximum absolute atomic E-state index is 5.00. The number of H-pyrrole nitrogens is 1. The van der Waals surface area contributed by atoms with Crippen LogP contribution in [0.5, 0.6) is 0 Å². The number of rotatable bonds is 2. The van der Waals surface area contributed by atoms with Crippen LogP contribution in [0.3, 0.4) is 0 Å². The SMILES string of the molecule is C(=C\c1c[nH]c2ccccc12)/c1ccno1. The molecule has 3 rings (SSSR count). The highest BCUT2D eigenvalue weighted by molar-refractivity contribution is 5.91. The van der Waals surface area contributed by atoms with Crippen LogP contribution in [0, 0.1) is 0 Å². The summed E-state index contributed by atoms with van der Waals surface area (Å²) in [7, 11) is 0. The first-order valence-electron chi connectivity index (χ1n) is 5.08. The second-order valence-corrected chi connectivity index (χ2v) is 3.54. The minimum absolute atomic E-state index is 0.755. The molecule has 2 aromatic heterocycles. The molecular formula is C13H10N2O. The number of para-hydroxylation sites is 1. The van der Waals surface area contributed by atoms with Gasteiger partial charge in [-0.3, -0.25) is 0 Å². The maximum Gasteiger partial charge on any atom is 0.159 e. The zero-order chi connectivity index (χ0) is 10.8. The zero-order valence-electron chi connectivity index (χ0n) is 8.55. The van der Waals surface area contributed by atoms with Crippen molar-refractivity contribution < 1.29 is 4.52 Å². The van der Waals surface area contributed by atoms with E-state index < -0.39 is 0 Å². The first kappa shape index (κ1) is 8.97. The van der Waals surface area contributed by atoms with Crippen molar-refractivity contribution >= 4 is 23.1 Å². The number of aromatic amines is 1. The van der Waals surface area contributed by atoms with Gasteiger partial charge >= 0.3 is 0 Å². The van der Waals surface area contributed by atoms with Crippen molar-refractivity contribution in [2.75, 3.05) is 0 Å². The monoisotopic (exact) mass is 210 g/mol. The molecule has 16 heavy (non-hydrogen) atoms. The van der Waals surface area contributed by atoms with E-state index in [-0.39, 0.29) is 0 Å². The Hall–Kier alpha value is -2.29. The fourth-order valence-electron chi connectivity index (χ4n) is 1.72. The van der Waals surface area contributed by atoms with Crippen LogP contribution in [-0.4, -0.2) is 10.1 Å². The lowest BCUT2D eigenvalue weighted by molar-refractivity contribution is 0.413. The molecule has 78 valence electrons. The fraction of sp³-hybridized carbons (Fsp3) is 0. The van der Waals surface area contributed by atoms with E-state index in [9.17, 15) is 0 Å². The topological polar surface area (TPSA) is 41.8 Å². The van der Waals surface area contributed by atoms with Crippen LogP contribution in [0.2, 0.25) is 0 Å². The first-order chi connectivity index (χ1) is 7.93. The van der Waals surface area contributed by atoms with Crippen LogP contribution in [0.25, 0.3) is 23.1 Å². The molecule has 1 N–H and O–H groups in total. The largest absolute Gasteiger partial charge is 0.361 e. The summed E-state index contributed by atoms with van der Waals surface area (Å²) in [5.74, 6) is 0.755. The summed E-state index contributed by atoms with van der Waals surface area (Å²) < 4.78 is 5.00. The molecule has 0 atom stereocenters. The highest BCUT2D eigenvalue weighted by Gasteiger charge is 1.99. The van der Waals surface area contributed by atoms with Gasteiger partial charge in [-0.2, -0.15) is 0 Å². The number of hydrogen-bond donors (Lipinski definition) is 1. The van der Waals surface area contributed by atoms with E-state index in [1.54, 1.807) is 6.20 Å². The molecule has 2 heterocycles. The molecule has 3 nitrogen and oxygen atoms in total. The van der Waals surface area contributed by atoms with Gasteiger partial charge in [-0.05, 0) is 23.8 Å². The average Bonchev–Trinajstić information content (AvgIpc) is 2.96. The smallest absolute Gasteiger partial charge is 0.159 e. The fourth-order valence-corrected chi connectivity index (χ4v) is 1.72. The number of hydrogen-bond acceptors (Lipinski definition) is 2. The molecule has 3 aromatic rings. The van der Waals surface area contributed by atoms with Crippen molar-refractivity contribution in [3.63, 3.8) is 0 Å². The summed E-state index contributed by atoms with van der Waals surface area (Å²) in [4.78, 5) is 3.22. The predicted molar refractivity (Wildman–Crippen MR) is 63.7 cm³/mol. The zero-order valence-corrected chi connectivity index (χ0v) is 8.55.